The van der Waals surface area contributed by atoms with Gasteiger partial charge in [0.05, 0.1) is 31.6 Å². The molecule has 4 aromatic heterocycles. The molecule has 4 aliphatic rings. The molecular weight excluding hydrogens is 1100 g/mol. The van der Waals surface area contributed by atoms with Crippen LogP contribution in [0.3, 0.4) is 0 Å². The Kier molecular flexibility index (Phi) is 9.24. The summed E-state index contributed by atoms with van der Waals surface area (Å²) >= 11 is 1.82. The Bertz CT molecular complexity index is 5520. The minimum absolute atomic E-state index is 0.544. The van der Waals surface area contributed by atoms with Gasteiger partial charge in [0.25, 0.3) is 0 Å². The molecule has 7 heteroatoms. The lowest BCUT2D eigenvalue weighted by atomic mass is 9.70. The van der Waals surface area contributed by atoms with Gasteiger partial charge in [0.1, 0.15) is 22.1 Å². The first kappa shape index (κ1) is 47.8. The van der Waals surface area contributed by atoms with Gasteiger partial charge in [-0.05, 0) is 148 Å². The molecule has 0 unspecified atom stereocenters. The SMILES string of the molecule is c1ccc2c(c1)-c1ccccc1C21c2ccccc2-c2c(-c3sc(-c4cccc5c4-c4ccccc4C54c5ccccc5-c5ccccc54)c4nc5c6cc(-c7nc8ccccc8o7)ccc6c6ccc(-c7nc8ccccc8o7)cc6c5nc34)cccc21. The van der Waals surface area contributed by atoms with Gasteiger partial charge in [-0.15, -0.1) is 11.3 Å². The Labute approximate surface area is 513 Å². The van der Waals surface area contributed by atoms with Crippen molar-refractivity contribution in [2.45, 2.75) is 10.8 Å². The summed E-state index contributed by atoms with van der Waals surface area (Å²) in [4.78, 5) is 24.5. The Balaban J connectivity index is 0.905. The number of thiophene rings is 1. The van der Waals surface area contributed by atoms with Crippen LogP contribution >= 0.6 is 11.3 Å². The number of nitrogens with zero attached hydrogens (tertiary/aromatic N) is 4. The zero-order chi connectivity index (χ0) is 57.8. The van der Waals surface area contributed by atoms with Crippen molar-refractivity contribution in [2.24, 2.45) is 0 Å². The summed E-state index contributed by atoms with van der Waals surface area (Å²) in [5.41, 5.74) is 29.5. The second kappa shape index (κ2) is 17.2. The monoisotopic (exact) mass is 1150 g/mol. The van der Waals surface area contributed by atoms with Crippen molar-refractivity contribution in [1.82, 2.24) is 19.9 Å². The van der Waals surface area contributed by atoms with E-state index >= 15 is 0 Å². The maximum absolute atomic E-state index is 6.52. The van der Waals surface area contributed by atoms with E-state index in [0.717, 1.165) is 97.8 Å². The minimum Gasteiger partial charge on any atom is -0.436 e. The van der Waals surface area contributed by atoms with Crippen LogP contribution in [0.4, 0.5) is 0 Å². The molecule has 2 spiro atoms. The van der Waals surface area contributed by atoms with Gasteiger partial charge in [0.2, 0.25) is 11.8 Å². The van der Waals surface area contributed by atoms with E-state index in [1.807, 2.05) is 59.9 Å². The zero-order valence-electron chi connectivity index (χ0n) is 47.4. The first-order valence-corrected chi connectivity index (χ1v) is 31.2. The standard InChI is InChI=1S/C82H44N4O2S/c1-7-27-59-49(19-1)50-20-2-8-28-60(50)81(59)63-31-11-5-23-53(63)71-55(25-17-33-65(71)81)77-75-76(78(89-77)56-26-18-34-66-72(56)54-24-6-12-32-64(54)82(66)61-29-9-3-21-51(61)52-22-4-10-30-62(52)82)86-74-58-44-46(80-84-68-36-14-16-38-70(68)88-80)40-42-48(58)47-41-39-45(43-57(47)73(74)85-75)79-83-67-35-13-15-37-69(67)87-79/h1-44H. The summed E-state index contributed by atoms with van der Waals surface area (Å²) in [6.07, 6.45) is 0. The predicted octanol–water partition coefficient (Wildman–Crippen LogP) is 20.8. The third-order valence-corrected chi connectivity index (χ3v) is 21.2. The maximum Gasteiger partial charge on any atom is 0.227 e. The molecule has 6 nitrogen and oxygen atoms in total. The zero-order valence-corrected chi connectivity index (χ0v) is 48.2. The molecule has 13 aromatic carbocycles. The lowest BCUT2D eigenvalue weighted by Gasteiger charge is -2.30. The van der Waals surface area contributed by atoms with Crippen LogP contribution in [0.1, 0.15) is 44.5 Å². The topological polar surface area (TPSA) is 77.8 Å². The van der Waals surface area contributed by atoms with Gasteiger partial charge in [0, 0.05) is 33.0 Å². The first-order chi connectivity index (χ1) is 44.1. The molecule has 21 rings (SSSR count). The lowest BCUT2D eigenvalue weighted by molar-refractivity contribution is 0.619. The molecule has 89 heavy (non-hydrogen) atoms. The Morgan fingerprint density at radius 1 is 0.258 bits per heavy atom. The number of rotatable bonds is 4. The molecule has 410 valence electrons. The van der Waals surface area contributed by atoms with E-state index in [4.69, 9.17) is 28.8 Å². The molecule has 0 saturated carbocycles. The molecule has 4 heterocycles. The smallest absolute Gasteiger partial charge is 0.227 e. The van der Waals surface area contributed by atoms with Gasteiger partial charge < -0.3 is 8.83 Å². The van der Waals surface area contributed by atoms with Gasteiger partial charge in [-0.25, -0.2) is 19.9 Å². The van der Waals surface area contributed by atoms with Gasteiger partial charge in [-0.1, -0.05) is 218 Å². The third-order valence-electron chi connectivity index (χ3n) is 20.0. The normalized spacial score (nSPS) is 14.0. The predicted molar refractivity (Wildman–Crippen MR) is 359 cm³/mol. The van der Waals surface area contributed by atoms with Gasteiger partial charge >= 0.3 is 0 Å². The van der Waals surface area contributed by atoms with E-state index in [1.165, 1.54) is 89.0 Å². The Morgan fingerprint density at radius 2 is 0.584 bits per heavy atom. The van der Waals surface area contributed by atoms with Crippen LogP contribution in [0.15, 0.2) is 276 Å². The quantitative estimate of drug-likeness (QED) is 0.163. The molecule has 0 bridgehead atoms. The highest BCUT2D eigenvalue weighted by Crippen LogP contribution is 2.67. The van der Waals surface area contributed by atoms with Crippen LogP contribution in [0.5, 0.6) is 0 Å². The van der Waals surface area contributed by atoms with E-state index in [0.29, 0.717) is 11.8 Å². The molecule has 0 radical (unpaired) electrons. The van der Waals surface area contributed by atoms with Crippen LogP contribution in [-0.4, -0.2) is 19.9 Å². The fraction of sp³-hybridized carbons (Fsp3) is 0.0244. The van der Waals surface area contributed by atoms with Crippen molar-refractivity contribution in [2.75, 3.05) is 0 Å². The third kappa shape index (κ3) is 6.00. The average Bonchev–Trinajstić information content (AvgIpc) is 1.54. The summed E-state index contributed by atoms with van der Waals surface area (Å²) < 4.78 is 13.0. The molecule has 0 amide bonds. The Hall–Kier alpha value is -11.4. The molecular formula is C82H44N4O2S. The number of fused-ring (bicyclic) bond motifs is 29. The van der Waals surface area contributed by atoms with Crippen LogP contribution in [-0.2, 0) is 10.8 Å². The summed E-state index contributed by atoms with van der Waals surface area (Å²) in [5.74, 6) is 1.09. The highest BCUT2D eigenvalue weighted by Gasteiger charge is 2.54. The fourth-order valence-electron chi connectivity index (χ4n) is 16.6. The molecule has 0 saturated heterocycles. The summed E-state index contributed by atoms with van der Waals surface area (Å²) in [7, 11) is 0. The number of oxazole rings is 2. The van der Waals surface area contributed by atoms with E-state index < -0.39 is 10.8 Å². The molecule has 4 aliphatic carbocycles. The summed E-state index contributed by atoms with van der Waals surface area (Å²) in [5, 5.41) is 3.98. The second-order valence-electron chi connectivity index (χ2n) is 24.1. The van der Waals surface area contributed by atoms with Crippen molar-refractivity contribution in [3.8, 4) is 88.3 Å². The van der Waals surface area contributed by atoms with E-state index in [9.17, 15) is 0 Å². The van der Waals surface area contributed by atoms with E-state index in [-0.39, 0.29) is 0 Å². The van der Waals surface area contributed by atoms with Crippen LogP contribution < -0.4 is 0 Å². The summed E-state index contributed by atoms with van der Waals surface area (Å²) in [6, 6.07) is 97.4. The molecule has 0 N–H and O–H groups in total. The summed E-state index contributed by atoms with van der Waals surface area (Å²) in [6.45, 7) is 0. The fourth-order valence-corrected chi connectivity index (χ4v) is 17.8. The van der Waals surface area contributed by atoms with Crippen LogP contribution in [0.2, 0.25) is 0 Å². The van der Waals surface area contributed by atoms with Crippen LogP contribution in [0.25, 0.3) is 154 Å². The second-order valence-corrected chi connectivity index (χ2v) is 25.1. The molecule has 0 aliphatic heterocycles. The largest absolute Gasteiger partial charge is 0.436 e. The van der Waals surface area contributed by atoms with Crippen LogP contribution in [0, 0.1) is 0 Å². The number of hydrogen-bond donors (Lipinski definition) is 0. The van der Waals surface area contributed by atoms with E-state index in [1.54, 1.807) is 0 Å². The minimum atomic E-state index is -0.544. The molecule has 0 fully saturated rings. The number of para-hydroxylation sites is 4. The average molecular weight is 1150 g/mol. The first-order valence-electron chi connectivity index (χ1n) is 30.3. The molecule has 0 atom stereocenters. The van der Waals surface area contributed by atoms with Gasteiger partial charge in [0.15, 0.2) is 11.2 Å². The van der Waals surface area contributed by atoms with Crippen molar-refractivity contribution in [3.63, 3.8) is 0 Å². The number of hydrogen-bond acceptors (Lipinski definition) is 7. The number of benzene rings is 13. The highest BCUT2D eigenvalue weighted by atomic mass is 32.1. The Morgan fingerprint density at radius 3 is 0.978 bits per heavy atom. The van der Waals surface area contributed by atoms with Crippen molar-refractivity contribution >= 4 is 77.1 Å². The van der Waals surface area contributed by atoms with Crippen molar-refractivity contribution in [3.05, 3.63) is 311 Å². The highest BCUT2D eigenvalue weighted by molar-refractivity contribution is 7.21. The van der Waals surface area contributed by atoms with E-state index in [2.05, 4.69) is 218 Å². The van der Waals surface area contributed by atoms with Gasteiger partial charge in [-0.2, -0.15) is 0 Å². The maximum atomic E-state index is 6.52. The molecule has 17 aromatic rings. The van der Waals surface area contributed by atoms with Crippen molar-refractivity contribution in [1.29, 1.82) is 0 Å². The van der Waals surface area contributed by atoms with Gasteiger partial charge in [-0.3, -0.25) is 0 Å². The number of aromatic nitrogens is 4. The lowest BCUT2D eigenvalue weighted by Crippen LogP contribution is -2.25. The van der Waals surface area contributed by atoms with Crippen molar-refractivity contribution < 1.29 is 8.83 Å².